The van der Waals surface area contributed by atoms with Crippen molar-refractivity contribution in [1.82, 2.24) is 40.0 Å². The number of nitrogens with one attached hydrogen (secondary N) is 3. The van der Waals surface area contributed by atoms with Crippen molar-refractivity contribution < 1.29 is 29.0 Å². The van der Waals surface area contributed by atoms with Gasteiger partial charge in [-0.25, -0.2) is 19.6 Å². The predicted octanol–water partition coefficient (Wildman–Crippen LogP) is 6.99. The molecule has 2 saturated heterocycles. The third kappa shape index (κ3) is 7.39. The second-order valence-electron chi connectivity index (χ2n) is 18.4. The topological polar surface area (TPSA) is 177 Å². The van der Waals surface area contributed by atoms with Crippen LogP contribution in [-0.4, -0.2) is 102 Å². The Morgan fingerprint density at radius 2 is 1.22 bits per heavy atom. The highest BCUT2D eigenvalue weighted by Gasteiger charge is 2.65. The van der Waals surface area contributed by atoms with E-state index in [-0.39, 0.29) is 58.6 Å². The monoisotopic (exact) mass is 814 g/mol. The van der Waals surface area contributed by atoms with Gasteiger partial charge in [-0.05, 0) is 83.7 Å². The fourth-order valence-electron chi connectivity index (χ4n) is 9.60. The normalized spacial score (nSPS) is 25.8. The molecule has 4 fully saturated rings. The van der Waals surface area contributed by atoms with Gasteiger partial charge in [0.05, 0.1) is 43.0 Å². The van der Waals surface area contributed by atoms with Crippen LogP contribution in [0.1, 0.15) is 102 Å². The molecule has 0 spiro atoms. The number of amides is 4. The van der Waals surface area contributed by atoms with E-state index >= 15 is 0 Å². The molecule has 4 heterocycles. The first-order valence-electron chi connectivity index (χ1n) is 20.8. The van der Waals surface area contributed by atoms with Gasteiger partial charge in [-0.1, -0.05) is 77.6 Å². The molecule has 0 bridgehead atoms. The van der Waals surface area contributed by atoms with E-state index in [1.54, 1.807) is 12.4 Å². The smallest absolute Gasteiger partial charge is 0.407 e. The lowest BCUT2D eigenvalue weighted by Gasteiger charge is -2.35. The first-order valence-corrected chi connectivity index (χ1v) is 20.8. The molecule has 8 rings (SSSR count). The number of hydrogen-bond acceptors (Lipinski definition) is 7. The van der Waals surface area contributed by atoms with E-state index in [9.17, 15) is 24.3 Å². The van der Waals surface area contributed by atoms with Crippen LogP contribution in [0.2, 0.25) is 0 Å². The van der Waals surface area contributed by atoms with Crippen molar-refractivity contribution in [2.75, 3.05) is 14.2 Å². The average Bonchev–Trinajstić information content (AvgIpc) is 3.67. The molecule has 4 amide bonds. The molecule has 14 nitrogen and oxygen atoms in total. The summed E-state index contributed by atoms with van der Waals surface area (Å²) in [7, 11) is 2.76. The Kier molecular flexibility index (Phi) is 10.3. The van der Waals surface area contributed by atoms with Crippen LogP contribution in [0.15, 0.2) is 60.9 Å². The lowest BCUT2D eigenvalue weighted by Crippen LogP contribution is -2.52. The molecular weight excluding hydrogens is 761 g/mol. The van der Waals surface area contributed by atoms with E-state index in [0.717, 1.165) is 70.0 Å². The number of carbonyl (C=O) groups excluding carboxylic acids is 3. The van der Waals surface area contributed by atoms with Gasteiger partial charge in [0.25, 0.3) is 0 Å². The van der Waals surface area contributed by atoms with E-state index in [2.05, 4.69) is 41.0 Å². The number of carboxylic acid groups (broad SMARTS) is 1. The van der Waals surface area contributed by atoms with Crippen molar-refractivity contribution in [2.24, 2.45) is 22.7 Å². The predicted molar refractivity (Wildman–Crippen MR) is 224 cm³/mol. The number of hydrogen-bond donors (Lipinski definition) is 4. The number of ether oxygens (including phenoxy) is 1. The SMILES string of the molecule is COC(=O)N[C@H](C(=O)N1[C@H]2C[C@@]2(C)C[C@H]1c1ncc(-c2ccc(C#Cc3ccc(-c4cnc([C@@H]5C[C@]6(C)C[C@@H]6N5C(=O)[C@H](C(C)C)N(C)C(=O)O)[nH]4)cc3)cc2)[nH]1)C(C)C. The fraction of sp³-hybridized carbons (Fsp3) is 0.478. The van der Waals surface area contributed by atoms with E-state index < -0.39 is 24.3 Å². The molecule has 4 aromatic rings. The molecular formula is C46H54N8O6. The minimum atomic E-state index is -1.12. The number of aromatic nitrogens is 4. The van der Waals surface area contributed by atoms with Gasteiger partial charge in [-0.15, -0.1) is 0 Å². The number of benzene rings is 2. The number of alkyl carbamates (subject to hydrolysis) is 1. The Hall–Kier alpha value is -6.10. The molecule has 2 aromatic carbocycles. The van der Waals surface area contributed by atoms with Crippen molar-refractivity contribution >= 4 is 24.0 Å². The van der Waals surface area contributed by atoms with Crippen LogP contribution in [0.25, 0.3) is 22.5 Å². The van der Waals surface area contributed by atoms with Gasteiger partial charge < -0.3 is 34.9 Å². The summed E-state index contributed by atoms with van der Waals surface area (Å²) in [6.45, 7) is 12.0. The van der Waals surface area contributed by atoms with Crippen molar-refractivity contribution in [3.05, 3.63) is 83.7 Å². The van der Waals surface area contributed by atoms with Gasteiger partial charge in [0, 0.05) is 30.3 Å². The molecule has 4 aliphatic rings. The maximum absolute atomic E-state index is 14.0. The minimum Gasteiger partial charge on any atom is -0.465 e. The summed E-state index contributed by atoms with van der Waals surface area (Å²) < 4.78 is 4.80. The third-order valence-corrected chi connectivity index (χ3v) is 13.3. The number of imidazole rings is 2. The van der Waals surface area contributed by atoms with E-state index in [1.807, 2.05) is 86.0 Å². The lowest BCUT2D eigenvalue weighted by molar-refractivity contribution is -0.140. The van der Waals surface area contributed by atoms with Crippen LogP contribution in [0, 0.1) is 34.5 Å². The van der Waals surface area contributed by atoms with E-state index in [4.69, 9.17) is 14.7 Å². The van der Waals surface area contributed by atoms with Gasteiger partial charge in [-0.2, -0.15) is 0 Å². The van der Waals surface area contributed by atoms with Crippen LogP contribution >= 0.6 is 0 Å². The second kappa shape index (κ2) is 15.2. The Bertz CT molecular complexity index is 2380. The van der Waals surface area contributed by atoms with Crippen LogP contribution in [0.5, 0.6) is 0 Å². The quantitative estimate of drug-likeness (QED) is 0.124. The van der Waals surface area contributed by atoms with Crippen molar-refractivity contribution in [1.29, 1.82) is 0 Å². The molecule has 0 radical (unpaired) electrons. The summed E-state index contributed by atoms with van der Waals surface area (Å²) >= 11 is 0. The number of nitrogens with zero attached hydrogens (tertiary/aromatic N) is 5. The summed E-state index contributed by atoms with van der Waals surface area (Å²) in [5.41, 5.74) is 5.31. The highest BCUT2D eigenvalue weighted by Crippen LogP contribution is 2.64. The van der Waals surface area contributed by atoms with E-state index in [0.29, 0.717) is 5.82 Å². The third-order valence-electron chi connectivity index (χ3n) is 13.3. The van der Waals surface area contributed by atoms with Gasteiger partial charge in [-0.3, -0.25) is 14.5 Å². The standard InChI is InChI=1S/C46H54N8O6/c1-25(2)37(51-43(57)60-8)41(55)53-33(19-45(5)21-35(45)53)39-47-23-31(49-39)29-15-11-27(12-16-29)9-10-28-13-17-30(18-14-28)32-24-48-40(50-32)34-20-46(6)22-36(46)54(34)42(56)38(26(3)4)52(7)44(58)59/h11-18,23-26,33-38H,19-22H2,1-8H3,(H,47,49)(H,48,50)(H,51,57)(H,58,59)/t33-,34-,35-,36-,37-,38-,45+,46+/m0/s1. The first kappa shape index (κ1) is 40.7. The number of rotatable bonds is 10. The Balaban J connectivity index is 0.922. The number of methoxy groups -OCH3 is 1. The summed E-state index contributed by atoms with van der Waals surface area (Å²) in [5, 5.41) is 12.4. The first-order chi connectivity index (χ1) is 28.5. The zero-order valence-electron chi connectivity index (χ0n) is 35.4. The largest absolute Gasteiger partial charge is 0.465 e. The summed E-state index contributed by atoms with van der Waals surface area (Å²) in [6.07, 6.45) is 5.27. The van der Waals surface area contributed by atoms with E-state index in [1.165, 1.54) is 14.2 Å². The molecule has 2 saturated carbocycles. The number of H-pyrrole nitrogens is 2. The Morgan fingerprint density at radius 3 is 1.62 bits per heavy atom. The van der Waals surface area contributed by atoms with Crippen molar-refractivity contribution in [3.63, 3.8) is 0 Å². The van der Waals surface area contributed by atoms with Crippen LogP contribution in [-0.2, 0) is 14.3 Å². The molecule has 60 heavy (non-hydrogen) atoms. The zero-order valence-corrected chi connectivity index (χ0v) is 35.4. The number of fused-ring (bicyclic) bond motifs is 2. The molecule has 2 aromatic heterocycles. The highest BCUT2D eigenvalue weighted by atomic mass is 16.5. The van der Waals surface area contributed by atoms with Gasteiger partial charge in [0.1, 0.15) is 23.7 Å². The molecule has 2 aliphatic heterocycles. The molecule has 14 heteroatoms. The highest BCUT2D eigenvalue weighted by molar-refractivity contribution is 5.88. The number of carbonyl (C=O) groups is 4. The molecule has 0 unspecified atom stereocenters. The number of likely N-dealkylation sites (N-methyl/N-ethyl adjacent to an activating group) is 1. The number of piperidine rings is 2. The molecule has 8 atom stereocenters. The van der Waals surface area contributed by atoms with Gasteiger partial charge >= 0.3 is 12.2 Å². The Labute approximate surface area is 350 Å². The summed E-state index contributed by atoms with van der Waals surface area (Å²) in [5.74, 6) is 7.38. The van der Waals surface area contributed by atoms with Crippen LogP contribution in [0.4, 0.5) is 9.59 Å². The number of aromatic amines is 2. The van der Waals surface area contributed by atoms with Crippen LogP contribution < -0.4 is 5.32 Å². The van der Waals surface area contributed by atoms with Crippen molar-refractivity contribution in [2.45, 2.75) is 103 Å². The molecule has 314 valence electrons. The summed E-state index contributed by atoms with van der Waals surface area (Å²) in [6, 6.07) is 14.1. The lowest BCUT2D eigenvalue weighted by atomic mass is 9.99. The molecule has 4 N–H and O–H groups in total. The zero-order chi connectivity index (χ0) is 42.8. The fourth-order valence-corrected chi connectivity index (χ4v) is 9.60. The summed E-state index contributed by atoms with van der Waals surface area (Å²) in [4.78, 5) is 73.1. The molecule has 2 aliphatic carbocycles. The average molecular weight is 815 g/mol. The second-order valence-corrected chi connectivity index (χ2v) is 18.4. The van der Waals surface area contributed by atoms with Gasteiger partial charge in [0.15, 0.2) is 0 Å². The maximum Gasteiger partial charge on any atom is 0.407 e. The van der Waals surface area contributed by atoms with Gasteiger partial charge in [0.2, 0.25) is 11.8 Å². The maximum atomic E-state index is 14.0. The minimum absolute atomic E-state index is 0.00428. The number of likely N-dealkylation sites (tertiary alicyclic amines) is 2. The van der Waals surface area contributed by atoms with Crippen molar-refractivity contribution in [3.8, 4) is 34.4 Å². The van der Waals surface area contributed by atoms with Crippen LogP contribution in [0.3, 0.4) is 0 Å². The Morgan fingerprint density at radius 1 is 0.767 bits per heavy atom.